The Morgan fingerprint density at radius 1 is 1.10 bits per heavy atom. The number of halogens is 1. The molecule has 0 radical (unpaired) electrons. The highest BCUT2D eigenvalue weighted by atomic mass is 35.5. The molecule has 5 heteroatoms. The molecule has 0 aliphatic carbocycles. The van der Waals surface area contributed by atoms with Crippen molar-refractivity contribution >= 4 is 22.9 Å². The normalized spacial score (nSPS) is 10.9. The van der Waals surface area contributed by atoms with Crippen LogP contribution in [-0.2, 0) is 0 Å². The lowest BCUT2D eigenvalue weighted by Gasteiger charge is -2.07. The van der Waals surface area contributed by atoms with Crippen LogP contribution in [0.2, 0.25) is 5.02 Å². The zero-order valence-corrected chi connectivity index (χ0v) is 11.0. The third-order valence-corrected chi connectivity index (χ3v) is 3.01. The number of rotatable bonds is 3. The number of hydrogen-bond acceptors (Lipinski definition) is 3. The number of benzene rings is 2. The number of nitro benzene ring substituents is 1. The Labute approximate surface area is 120 Å². The molecular formula is C15H9ClN2O2. The Hall–Kier alpha value is -2.64. The van der Waals surface area contributed by atoms with Crippen molar-refractivity contribution in [3.63, 3.8) is 0 Å². The van der Waals surface area contributed by atoms with Gasteiger partial charge in [0, 0.05) is 23.2 Å². The summed E-state index contributed by atoms with van der Waals surface area (Å²) in [7, 11) is 0. The molecule has 2 aromatic rings. The van der Waals surface area contributed by atoms with Crippen LogP contribution < -0.4 is 0 Å². The van der Waals surface area contributed by atoms with Crippen LogP contribution in [0.4, 0.5) is 5.69 Å². The highest BCUT2D eigenvalue weighted by Crippen LogP contribution is 2.26. The van der Waals surface area contributed by atoms with E-state index in [-0.39, 0.29) is 5.69 Å². The van der Waals surface area contributed by atoms with E-state index in [1.165, 1.54) is 18.2 Å². The molecule has 2 rings (SSSR count). The summed E-state index contributed by atoms with van der Waals surface area (Å²) in [5.41, 5.74) is 2.27. The number of nitriles is 1. The largest absolute Gasteiger partial charge is 0.269 e. The number of nitro groups is 1. The smallest absolute Gasteiger partial charge is 0.258 e. The molecule has 0 aliphatic heterocycles. The lowest BCUT2D eigenvalue weighted by Crippen LogP contribution is -1.91. The van der Waals surface area contributed by atoms with Crippen molar-refractivity contribution in [1.82, 2.24) is 0 Å². The van der Waals surface area contributed by atoms with Gasteiger partial charge in [-0.1, -0.05) is 23.7 Å². The molecule has 4 nitrogen and oxygen atoms in total. The van der Waals surface area contributed by atoms with E-state index in [0.29, 0.717) is 10.6 Å². The van der Waals surface area contributed by atoms with Gasteiger partial charge in [-0.05, 0) is 41.0 Å². The minimum Gasteiger partial charge on any atom is -0.258 e. The number of allylic oxidation sites excluding steroid dienone is 1. The van der Waals surface area contributed by atoms with Crippen LogP contribution in [-0.4, -0.2) is 4.92 Å². The average Bonchev–Trinajstić information content (AvgIpc) is 2.46. The van der Waals surface area contributed by atoms with E-state index < -0.39 is 4.92 Å². The summed E-state index contributed by atoms with van der Waals surface area (Å²) in [6.07, 6.45) is 1.41. The number of hydrogen-bond donors (Lipinski definition) is 0. The minimum absolute atomic E-state index is 0.0150. The maximum Gasteiger partial charge on any atom is 0.269 e. The highest BCUT2D eigenvalue weighted by molar-refractivity contribution is 6.30. The van der Waals surface area contributed by atoms with Crippen molar-refractivity contribution in [3.05, 3.63) is 80.9 Å². The van der Waals surface area contributed by atoms with Crippen LogP contribution in [0, 0.1) is 21.4 Å². The standard InChI is InChI=1S/C15H9ClN2O2/c16-13-5-1-11(2-6-13)15(9-10-17)12-3-7-14(8-4-12)18(19)20/h1-9H. The molecule has 0 aromatic heterocycles. The third kappa shape index (κ3) is 3.02. The predicted octanol–water partition coefficient (Wildman–Crippen LogP) is 4.20. The van der Waals surface area contributed by atoms with Crippen molar-refractivity contribution in [2.75, 3.05) is 0 Å². The molecule has 0 saturated carbocycles. The van der Waals surface area contributed by atoms with Crippen LogP contribution in [0.5, 0.6) is 0 Å². The SMILES string of the molecule is N#CC=C(c1ccc(Cl)cc1)c1ccc([N+](=O)[O-])cc1. The van der Waals surface area contributed by atoms with E-state index in [1.807, 2.05) is 6.07 Å². The van der Waals surface area contributed by atoms with Crippen molar-refractivity contribution in [1.29, 1.82) is 5.26 Å². The lowest BCUT2D eigenvalue weighted by atomic mass is 9.97. The molecule has 0 N–H and O–H groups in total. The molecule has 20 heavy (non-hydrogen) atoms. The first-order chi connectivity index (χ1) is 9.61. The van der Waals surface area contributed by atoms with Gasteiger partial charge < -0.3 is 0 Å². The van der Waals surface area contributed by atoms with Gasteiger partial charge in [0.05, 0.1) is 11.0 Å². The summed E-state index contributed by atoms with van der Waals surface area (Å²) in [6.45, 7) is 0. The Balaban J connectivity index is 2.44. The van der Waals surface area contributed by atoms with E-state index >= 15 is 0 Å². The summed E-state index contributed by atoms with van der Waals surface area (Å²) in [5, 5.41) is 20.1. The molecule has 0 unspecified atom stereocenters. The average molecular weight is 285 g/mol. The van der Waals surface area contributed by atoms with Gasteiger partial charge in [-0.2, -0.15) is 5.26 Å². The second-order valence-electron chi connectivity index (χ2n) is 4.00. The van der Waals surface area contributed by atoms with E-state index in [0.717, 1.165) is 11.1 Å². The summed E-state index contributed by atoms with van der Waals surface area (Å²) < 4.78 is 0. The molecule has 98 valence electrons. The van der Waals surface area contributed by atoms with Crippen molar-refractivity contribution < 1.29 is 4.92 Å². The van der Waals surface area contributed by atoms with Gasteiger partial charge in [0.2, 0.25) is 0 Å². The molecule has 0 amide bonds. The third-order valence-electron chi connectivity index (χ3n) is 2.75. The Bertz CT molecular complexity index is 698. The highest BCUT2D eigenvalue weighted by Gasteiger charge is 2.08. The molecule has 2 aromatic carbocycles. The van der Waals surface area contributed by atoms with Crippen LogP contribution >= 0.6 is 11.6 Å². The zero-order valence-electron chi connectivity index (χ0n) is 10.3. The minimum atomic E-state index is -0.459. The molecule has 0 atom stereocenters. The summed E-state index contributed by atoms with van der Waals surface area (Å²) in [6, 6.07) is 15.1. The summed E-state index contributed by atoms with van der Waals surface area (Å²) in [5.74, 6) is 0. The van der Waals surface area contributed by atoms with Crippen molar-refractivity contribution in [2.45, 2.75) is 0 Å². The first-order valence-corrected chi connectivity index (χ1v) is 6.10. The summed E-state index contributed by atoms with van der Waals surface area (Å²) in [4.78, 5) is 10.2. The Morgan fingerprint density at radius 3 is 2.05 bits per heavy atom. The maximum absolute atomic E-state index is 10.6. The lowest BCUT2D eigenvalue weighted by molar-refractivity contribution is -0.384. The molecule has 0 spiro atoms. The van der Waals surface area contributed by atoms with E-state index in [2.05, 4.69) is 0 Å². The predicted molar refractivity (Wildman–Crippen MR) is 77.2 cm³/mol. The van der Waals surface area contributed by atoms with E-state index in [1.54, 1.807) is 36.4 Å². The van der Waals surface area contributed by atoms with Crippen molar-refractivity contribution in [2.24, 2.45) is 0 Å². The van der Waals surface area contributed by atoms with Gasteiger partial charge in [0.25, 0.3) is 5.69 Å². The molecule has 0 heterocycles. The molecule has 0 aliphatic rings. The number of nitrogens with zero attached hydrogens (tertiary/aromatic N) is 2. The van der Waals surface area contributed by atoms with Gasteiger partial charge in [-0.3, -0.25) is 10.1 Å². The van der Waals surface area contributed by atoms with Gasteiger partial charge in [-0.25, -0.2) is 0 Å². The van der Waals surface area contributed by atoms with Gasteiger partial charge in [-0.15, -0.1) is 0 Å². The fourth-order valence-corrected chi connectivity index (χ4v) is 1.92. The van der Waals surface area contributed by atoms with E-state index in [4.69, 9.17) is 16.9 Å². The maximum atomic E-state index is 10.6. The molecule has 0 bridgehead atoms. The van der Waals surface area contributed by atoms with Crippen molar-refractivity contribution in [3.8, 4) is 6.07 Å². The fraction of sp³-hybridized carbons (Fsp3) is 0. The molecule has 0 saturated heterocycles. The monoisotopic (exact) mass is 284 g/mol. The fourth-order valence-electron chi connectivity index (χ4n) is 1.79. The van der Waals surface area contributed by atoms with Crippen LogP contribution in [0.3, 0.4) is 0 Å². The van der Waals surface area contributed by atoms with E-state index in [9.17, 15) is 10.1 Å². The Kier molecular flexibility index (Phi) is 4.14. The molecular weight excluding hydrogens is 276 g/mol. The first-order valence-electron chi connectivity index (χ1n) is 5.72. The summed E-state index contributed by atoms with van der Waals surface area (Å²) >= 11 is 5.84. The topological polar surface area (TPSA) is 66.9 Å². The van der Waals surface area contributed by atoms with Crippen LogP contribution in [0.1, 0.15) is 11.1 Å². The van der Waals surface area contributed by atoms with Gasteiger partial charge in [0.15, 0.2) is 0 Å². The Morgan fingerprint density at radius 2 is 1.60 bits per heavy atom. The van der Waals surface area contributed by atoms with Crippen LogP contribution in [0.25, 0.3) is 5.57 Å². The molecule has 0 fully saturated rings. The van der Waals surface area contributed by atoms with Gasteiger partial charge >= 0.3 is 0 Å². The number of non-ortho nitro benzene ring substituents is 1. The first kappa shape index (κ1) is 13.8. The second-order valence-corrected chi connectivity index (χ2v) is 4.43. The second kappa shape index (κ2) is 6.00. The van der Waals surface area contributed by atoms with Crippen LogP contribution in [0.15, 0.2) is 54.6 Å². The zero-order chi connectivity index (χ0) is 14.5. The van der Waals surface area contributed by atoms with Gasteiger partial charge in [0.1, 0.15) is 0 Å². The quantitative estimate of drug-likeness (QED) is 0.482.